The molecule has 0 saturated carbocycles. The van der Waals surface area contributed by atoms with E-state index in [9.17, 15) is 13.2 Å². The molecule has 0 bridgehead atoms. The van der Waals surface area contributed by atoms with E-state index < -0.39 is 18.5 Å². The van der Waals surface area contributed by atoms with Gasteiger partial charge in [0.25, 0.3) is 5.92 Å². The molecule has 0 aromatic heterocycles. The van der Waals surface area contributed by atoms with Crippen LogP contribution < -0.4 is 0 Å². The lowest BCUT2D eigenvalue weighted by Crippen LogP contribution is -2.31. The maximum atomic E-state index is 12.4. The zero-order valence-electron chi connectivity index (χ0n) is 6.74. The molecule has 0 N–H and O–H groups in total. The Morgan fingerprint density at radius 2 is 2.00 bits per heavy atom. The molecule has 0 rings (SSSR count). The van der Waals surface area contributed by atoms with Crippen LogP contribution in [0.25, 0.3) is 0 Å². The first kappa shape index (κ1) is 10.8. The topological polar surface area (TPSA) is 9.23 Å². The first-order valence-electron chi connectivity index (χ1n) is 3.56. The molecule has 0 aliphatic rings. The number of hydrogen-bond donors (Lipinski definition) is 0. The molecule has 1 nitrogen and oxygen atoms in total. The van der Waals surface area contributed by atoms with E-state index >= 15 is 0 Å². The molecule has 0 aromatic carbocycles. The van der Waals surface area contributed by atoms with E-state index in [1.165, 1.54) is 6.92 Å². The fourth-order valence-electron chi connectivity index (χ4n) is 0.548. The van der Waals surface area contributed by atoms with E-state index in [2.05, 4.69) is 0 Å². The van der Waals surface area contributed by atoms with E-state index in [1.54, 1.807) is 6.92 Å². The van der Waals surface area contributed by atoms with Crippen LogP contribution in [0.15, 0.2) is 0 Å². The summed E-state index contributed by atoms with van der Waals surface area (Å²) in [5.74, 6) is -4.29. The summed E-state index contributed by atoms with van der Waals surface area (Å²) in [6.07, 6.45) is 0. The average molecular weight is 170 g/mol. The van der Waals surface area contributed by atoms with Crippen molar-refractivity contribution < 1.29 is 17.9 Å². The highest BCUT2D eigenvalue weighted by Gasteiger charge is 2.36. The molecule has 68 valence electrons. The van der Waals surface area contributed by atoms with Crippen LogP contribution in [0.2, 0.25) is 0 Å². The smallest absolute Gasteiger partial charge is 0.280 e. The molecular formula is C7H13F3O. The monoisotopic (exact) mass is 170 g/mol. The van der Waals surface area contributed by atoms with Gasteiger partial charge in [-0.3, -0.25) is 0 Å². The van der Waals surface area contributed by atoms with Crippen molar-refractivity contribution in [1.82, 2.24) is 0 Å². The zero-order chi connectivity index (χ0) is 8.91. The average Bonchev–Trinajstić information content (AvgIpc) is 2.00. The maximum Gasteiger partial charge on any atom is 0.280 e. The third-order valence-corrected chi connectivity index (χ3v) is 1.47. The molecule has 0 aliphatic heterocycles. The van der Waals surface area contributed by atoms with Gasteiger partial charge in [-0.05, 0) is 6.92 Å². The molecule has 0 spiro atoms. The zero-order valence-corrected chi connectivity index (χ0v) is 6.74. The van der Waals surface area contributed by atoms with Gasteiger partial charge in [-0.2, -0.15) is 0 Å². The Bertz CT molecular complexity index is 106. The molecule has 0 aliphatic carbocycles. The fraction of sp³-hybridized carbons (Fsp3) is 1.00. The first-order chi connectivity index (χ1) is 5.04. The van der Waals surface area contributed by atoms with Gasteiger partial charge < -0.3 is 4.74 Å². The number of alkyl halides is 3. The summed E-state index contributed by atoms with van der Waals surface area (Å²) in [5.41, 5.74) is 0. The lowest BCUT2D eigenvalue weighted by molar-refractivity contribution is -0.0934. The van der Waals surface area contributed by atoms with Crippen molar-refractivity contribution in [3.05, 3.63) is 0 Å². The summed E-state index contributed by atoms with van der Waals surface area (Å²) in [6.45, 7) is 1.66. The van der Waals surface area contributed by atoms with Crippen molar-refractivity contribution in [3.63, 3.8) is 0 Å². The van der Waals surface area contributed by atoms with Crippen molar-refractivity contribution in [1.29, 1.82) is 0 Å². The quantitative estimate of drug-likeness (QED) is 0.615. The second kappa shape index (κ2) is 4.59. The van der Waals surface area contributed by atoms with Crippen LogP contribution >= 0.6 is 0 Å². The highest BCUT2D eigenvalue weighted by molar-refractivity contribution is 4.71. The predicted octanol–water partition coefficient (Wildman–Crippen LogP) is 2.26. The van der Waals surface area contributed by atoms with Gasteiger partial charge in [-0.15, -0.1) is 0 Å². The summed E-state index contributed by atoms with van der Waals surface area (Å²) in [7, 11) is 0. The minimum atomic E-state index is -3.24. The van der Waals surface area contributed by atoms with Crippen LogP contribution in [0.5, 0.6) is 0 Å². The Kier molecular flexibility index (Phi) is 4.49. The van der Waals surface area contributed by atoms with Crippen LogP contribution in [0.1, 0.15) is 13.8 Å². The maximum absolute atomic E-state index is 12.4. The molecule has 0 amide bonds. The van der Waals surface area contributed by atoms with E-state index in [-0.39, 0.29) is 6.61 Å². The molecule has 0 heterocycles. The molecule has 0 aromatic rings. The van der Waals surface area contributed by atoms with Gasteiger partial charge in [0, 0.05) is 12.5 Å². The summed E-state index contributed by atoms with van der Waals surface area (Å²) in [5, 5.41) is 0. The Hall–Kier alpha value is -0.250. The van der Waals surface area contributed by atoms with Gasteiger partial charge in [0.1, 0.15) is 0 Å². The summed E-state index contributed by atoms with van der Waals surface area (Å²) >= 11 is 0. The number of halogens is 3. The van der Waals surface area contributed by atoms with Crippen molar-refractivity contribution in [3.8, 4) is 0 Å². The summed E-state index contributed by atoms with van der Waals surface area (Å²) in [6, 6.07) is 0. The number of hydrogen-bond acceptors (Lipinski definition) is 1. The van der Waals surface area contributed by atoms with E-state index in [0.717, 1.165) is 0 Å². The second-order valence-corrected chi connectivity index (χ2v) is 2.46. The lowest BCUT2D eigenvalue weighted by atomic mass is 10.1. The first-order valence-corrected chi connectivity index (χ1v) is 3.56. The Morgan fingerprint density at radius 1 is 1.45 bits per heavy atom. The van der Waals surface area contributed by atoms with E-state index in [1.807, 2.05) is 0 Å². The highest BCUT2D eigenvalue weighted by Crippen LogP contribution is 2.24. The van der Waals surface area contributed by atoms with E-state index in [0.29, 0.717) is 6.61 Å². The molecule has 0 saturated heterocycles. The molecule has 0 fully saturated rings. The Labute approximate surface area is 64.5 Å². The van der Waals surface area contributed by atoms with Crippen LogP contribution in [-0.4, -0.2) is 25.8 Å². The molecule has 1 atom stereocenters. The highest BCUT2D eigenvalue weighted by atomic mass is 19.3. The number of ether oxygens (including phenoxy) is 1. The molecular weight excluding hydrogens is 157 g/mol. The SMILES string of the molecule is CCOCC(C)C(F)(F)CF. The normalized spacial score (nSPS) is 15.0. The van der Waals surface area contributed by atoms with E-state index in [4.69, 9.17) is 4.74 Å². The van der Waals surface area contributed by atoms with Gasteiger partial charge in [0.05, 0.1) is 6.61 Å². The van der Waals surface area contributed by atoms with Crippen molar-refractivity contribution >= 4 is 0 Å². The van der Waals surface area contributed by atoms with Gasteiger partial charge in [0.15, 0.2) is 6.67 Å². The van der Waals surface area contributed by atoms with Crippen molar-refractivity contribution in [2.45, 2.75) is 19.8 Å². The van der Waals surface area contributed by atoms with Gasteiger partial charge in [-0.25, -0.2) is 13.2 Å². The summed E-state index contributed by atoms with van der Waals surface area (Å²) in [4.78, 5) is 0. The van der Waals surface area contributed by atoms with Crippen LogP contribution in [0, 0.1) is 5.92 Å². The largest absolute Gasteiger partial charge is 0.381 e. The van der Waals surface area contributed by atoms with Gasteiger partial charge in [-0.1, -0.05) is 6.92 Å². The lowest BCUT2D eigenvalue weighted by Gasteiger charge is -2.19. The molecule has 1 unspecified atom stereocenters. The second-order valence-electron chi connectivity index (χ2n) is 2.46. The molecule has 4 heteroatoms. The minimum Gasteiger partial charge on any atom is -0.381 e. The third kappa shape index (κ3) is 3.60. The third-order valence-electron chi connectivity index (χ3n) is 1.47. The Balaban J connectivity index is 3.71. The molecule has 0 radical (unpaired) electrons. The minimum absolute atomic E-state index is 0.0899. The van der Waals surface area contributed by atoms with Crippen LogP contribution in [-0.2, 0) is 4.74 Å². The Morgan fingerprint density at radius 3 is 2.36 bits per heavy atom. The fourth-order valence-corrected chi connectivity index (χ4v) is 0.548. The predicted molar refractivity (Wildman–Crippen MR) is 36.6 cm³/mol. The van der Waals surface area contributed by atoms with Gasteiger partial charge >= 0.3 is 0 Å². The van der Waals surface area contributed by atoms with Gasteiger partial charge in [0.2, 0.25) is 0 Å². The number of rotatable bonds is 5. The van der Waals surface area contributed by atoms with Crippen molar-refractivity contribution in [2.24, 2.45) is 5.92 Å². The standard InChI is InChI=1S/C7H13F3O/c1-3-11-4-6(2)7(9,10)5-8/h6H,3-5H2,1-2H3. The van der Waals surface area contributed by atoms with Crippen molar-refractivity contribution in [2.75, 3.05) is 19.9 Å². The molecule has 11 heavy (non-hydrogen) atoms. The van der Waals surface area contributed by atoms with Crippen LogP contribution in [0.3, 0.4) is 0 Å². The summed E-state index contributed by atoms with van der Waals surface area (Å²) < 4.78 is 41.2. The van der Waals surface area contributed by atoms with Crippen LogP contribution in [0.4, 0.5) is 13.2 Å².